The third-order valence-corrected chi connectivity index (χ3v) is 4.95. The molecule has 1 aromatic carbocycles. The summed E-state index contributed by atoms with van der Waals surface area (Å²) in [5.74, 6) is 0.523. The predicted octanol–water partition coefficient (Wildman–Crippen LogP) is 1.63. The summed E-state index contributed by atoms with van der Waals surface area (Å²) in [5, 5.41) is 11.5. The molecule has 1 saturated heterocycles. The van der Waals surface area contributed by atoms with Crippen molar-refractivity contribution in [1.29, 1.82) is 0 Å². The predicted molar refractivity (Wildman–Crippen MR) is 107 cm³/mol. The Labute approximate surface area is 172 Å². The highest BCUT2D eigenvalue weighted by Crippen LogP contribution is 2.15. The zero-order valence-electron chi connectivity index (χ0n) is 15.7. The molecule has 0 unspecified atom stereocenters. The van der Waals surface area contributed by atoms with Gasteiger partial charge in [0.05, 0.1) is 11.1 Å². The molecule has 0 aliphatic carbocycles. The quantitative estimate of drug-likeness (QED) is 0.499. The van der Waals surface area contributed by atoms with E-state index in [1.54, 1.807) is 17.0 Å². The van der Waals surface area contributed by atoms with Crippen molar-refractivity contribution in [3.05, 3.63) is 68.1 Å². The Balaban J connectivity index is 1.45. The molecule has 0 saturated carbocycles. The molecule has 10 heteroatoms. The summed E-state index contributed by atoms with van der Waals surface area (Å²) in [7, 11) is 0. The molecule has 2 aromatic rings. The number of halogens is 1. The number of carbonyl (C=O) groups is 1. The van der Waals surface area contributed by atoms with Gasteiger partial charge < -0.3 is 9.64 Å². The van der Waals surface area contributed by atoms with Gasteiger partial charge in [0, 0.05) is 49.9 Å². The van der Waals surface area contributed by atoms with Gasteiger partial charge in [-0.15, -0.1) is 0 Å². The van der Waals surface area contributed by atoms with Crippen LogP contribution in [-0.4, -0.2) is 64.5 Å². The van der Waals surface area contributed by atoms with E-state index in [2.05, 4.69) is 4.90 Å². The van der Waals surface area contributed by atoms with E-state index in [1.165, 1.54) is 0 Å². The molecule has 154 valence electrons. The van der Waals surface area contributed by atoms with Crippen LogP contribution in [0.15, 0.2) is 47.4 Å². The fourth-order valence-electron chi connectivity index (χ4n) is 3.04. The molecule has 1 amide bonds. The van der Waals surface area contributed by atoms with E-state index in [1.807, 2.05) is 12.1 Å². The Bertz CT molecular complexity index is 923. The van der Waals surface area contributed by atoms with Crippen LogP contribution >= 0.6 is 11.6 Å². The molecule has 29 heavy (non-hydrogen) atoms. The van der Waals surface area contributed by atoms with E-state index >= 15 is 0 Å². The van der Waals surface area contributed by atoms with Crippen LogP contribution in [0.5, 0.6) is 5.75 Å². The average molecular weight is 421 g/mol. The first kappa shape index (κ1) is 20.8. The Morgan fingerprint density at radius 1 is 1.10 bits per heavy atom. The molecule has 1 fully saturated rings. The molecular weight excluding hydrogens is 400 g/mol. The number of nitrogens with zero attached hydrogens (tertiary/aromatic N) is 4. The van der Waals surface area contributed by atoms with E-state index < -0.39 is 10.5 Å². The molecule has 3 rings (SSSR count). The standard InChI is InChI=1S/C19H21ClN4O5/c20-15-1-4-17(5-2-15)29-12-11-21-7-9-22(10-8-21)19(26)14-23-13-16(24(27)28)3-6-18(23)25/h1-6,13H,7-12,14H2. The Morgan fingerprint density at radius 3 is 2.45 bits per heavy atom. The minimum Gasteiger partial charge on any atom is -0.492 e. The minimum absolute atomic E-state index is 0.208. The van der Waals surface area contributed by atoms with Gasteiger partial charge in [0.1, 0.15) is 18.9 Å². The molecule has 0 atom stereocenters. The van der Waals surface area contributed by atoms with Crippen molar-refractivity contribution in [3.8, 4) is 5.75 Å². The van der Waals surface area contributed by atoms with E-state index in [9.17, 15) is 19.7 Å². The van der Waals surface area contributed by atoms with Crippen LogP contribution in [0.25, 0.3) is 0 Å². The maximum absolute atomic E-state index is 12.5. The van der Waals surface area contributed by atoms with Crippen molar-refractivity contribution in [2.45, 2.75) is 6.54 Å². The lowest BCUT2D eigenvalue weighted by molar-refractivity contribution is -0.385. The number of pyridine rings is 1. The molecule has 0 N–H and O–H groups in total. The van der Waals surface area contributed by atoms with Gasteiger partial charge >= 0.3 is 0 Å². The summed E-state index contributed by atoms with van der Waals surface area (Å²) < 4.78 is 6.76. The maximum atomic E-state index is 12.5. The number of amides is 1. The number of hydrogen-bond donors (Lipinski definition) is 0. The second kappa shape index (κ2) is 9.53. The molecule has 1 aromatic heterocycles. The van der Waals surface area contributed by atoms with Crippen LogP contribution in [0.3, 0.4) is 0 Å². The van der Waals surface area contributed by atoms with Gasteiger partial charge in [0.2, 0.25) is 5.91 Å². The Hall–Kier alpha value is -2.91. The summed E-state index contributed by atoms with van der Waals surface area (Å²) in [6.07, 6.45) is 1.10. The van der Waals surface area contributed by atoms with Crippen molar-refractivity contribution in [3.63, 3.8) is 0 Å². The van der Waals surface area contributed by atoms with Crippen LogP contribution < -0.4 is 10.3 Å². The van der Waals surface area contributed by atoms with E-state index in [-0.39, 0.29) is 18.1 Å². The number of carbonyl (C=O) groups excluding carboxylic acids is 1. The summed E-state index contributed by atoms with van der Waals surface area (Å²) >= 11 is 5.84. The van der Waals surface area contributed by atoms with Gasteiger partial charge in [-0.3, -0.25) is 29.2 Å². The fourth-order valence-corrected chi connectivity index (χ4v) is 3.17. The monoisotopic (exact) mass is 420 g/mol. The fraction of sp³-hybridized carbons (Fsp3) is 0.368. The molecule has 0 bridgehead atoms. The largest absolute Gasteiger partial charge is 0.492 e. The maximum Gasteiger partial charge on any atom is 0.285 e. The van der Waals surface area contributed by atoms with Crippen LogP contribution in [0, 0.1) is 10.1 Å². The zero-order chi connectivity index (χ0) is 20.8. The molecule has 2 heterocycles. The molecule has 0 radical (unpaired) electrons. The van der Waals surface area contributed by atoms with Crippen LogP contribution in [0.4, 0.5) is 5.69 Å². The zero-order valence-corrected chi connectivity index (χ0v) is 16.5. The SMILES string of the molecule is O=C(Cn1cc([N+](=O)[O-])ccc1=O)N1CCN(CCOc2ccc(Cl)cc2)CC1. The average Bonchev–Trinajstić information content (AvgIpc) is 2.71. The van der Waals surface area contributed by atoms with Gasteiger partial charge in [0.15, 0.2) is 0 Å². The first-order valence-corrected chi connectivity index (χ1v) is 9.53. The molecule has 1 aliphatic heterocycles. The van der Waals surface area contributed by atoms with E-state index in [0.29, 0.717) is 37.8 Å². The van der Waals surface area contributed by atoms with E-state index in [0.717, 1.165) is 35.2 Å². The minimum atomic E-state index is -0.592. The van der Waals surface area contributed by atoms with Gasteiger partial charge in [-0.25, -0.2) is 0 Å². The first-order valence-electron chi connectivity index (χ1n) is 9.16. The number of hydrogen-bond acceptors (Lipinski definition) is 6. The highest BCUT2D eigenvalue weighted by Gasteiger charge is 2.22. The van der Waals surface area contributed by atoms with Crippen LogP contribution in [-0.2, 0) is 11.3 Å². The van der Waals surface area contributed by atoms with Gasteiger partial charge in [-0.1, -0.05) is 11.6 Å². The van der Waals surface area contributed by atoms with Gasteiger partial charge in [-0.05, 0) is 24.3 Å². The number of ether oxygens (including phenoxy) is 1. The highest BCUT2D eigenvalue weighted by atomic mass is 35.5. The molecular formula is C19H21ClN4O5. The number of rotatable bonds is 7. The molecule has 9 nitrogen and oxygen atoms in total. The third kappa shape index (κ3) is 5.78. The topological polar surface area (TPSA) is 97.9 Å². The summed E-state index contributed by atoms with van der Waals surface area (Å²) in [5.41, 5.74) is -0.662. The Morgan fingerprint density at radius 2 is 1.79 bits per heavy atom. The third-order valence-electron chi connectivity index (χ3n) is 4.70. The van der Waals surface area contributed by atoms with Crippen molar-refractivity contribution in [2.75, 3.05) is 39.3 Å². The van der Waals surface area contributed by atoms with Crippen LogP contribution in [0.1, 0.15) is 0 Å². The lowest BCUT2D eigenvalue weighted by atomic mass is 10.3. The van der Waals surface area contributed by atoms with Crippen molar-refractivity contribution in [2.24, 2.45) is 0 Å². The lowest BCUT2D eigenvalue weighted by Crippen LogP contribution is -2.50. The number of aromatic nitrogens is 1. The smallest absolute Gasteiger partial charge is 0.285 e. The second-order valence-electron chi connectivity index (χ2n) is 6.64. The molecule has 1 aliphatic rings. The summed E-state index contributed by atoms with van der Waals surface area (Å²) in [6.45, 7) is 3.50. The van der Waals surface area contributed by atoms with Crippen molar-refractivity contribution in [1.82, 2.24) is 14.4 Å². The summed E-state index contributed by atoms with van der Waals surface area (Å²) in [4.78, 5) is 38.5. The number of benzene rings is 1. The van der Waals surface area contributed by atoms with Crippen molar-refractivity contribution < 1.29 is 14.5 Å². The van der Waals surface area contributed by atoms with Gasteiger partial charge in [-0.2, -0.15) is 0 Å². The Kier molecular flexibility index (Phi) is 6.84. The van der Waals surface area contributed by atoms with E-state index in [4.69, 9.17) is 16.3 Å². The number of piperazine rings is 1. The first-order chi connectivity index (χ1) is 13.9. The lowest BCUT2D eigenvalue weighted by Gasteiger charge is -2.34. The normalized spacial score (nSPS) is 14.6. The highest BCUT2D eigenvalue weighted by molar-refractivity contribution is 6.30. The van der Waals surface area contributed by atoms with Crippen LogP contribution in [0.2, 0.25) is 5.02 Å². The van der Waals surface area contributed by atoms with Gasteiger partial charge in [0.25, 0.3) is 11.2 Å². The second-order valence-corrected chi connectivity index (χ2v) is 7.07. The number of nitro groups is 1. The molecule has 0 spiro atoms. The van der Waals surface area contributed by atoms with Crippen molar-refractivity contribution >= 4 is 23.2 Å². The summed E-state index contributed by atoms with van der Waals surface area (Å²) in [6, 6.07) is 9.41.